The van der Waals surface area contributed by atoms with Gasteiger partial charge in [0.2, 0.25) is 5.13 Å². The highest BCUT2D eigenvalue weighted by molar-refractivity contribution is 7.18. The van der Waals surface area contributed by atoms with Crippen molar-refractivity contribution in [2.24, 2.45) is 0 Å². The Kier molecular flexibility index (Phi) is 5.37. The van der Waals surface area contributed by atoms with Crippen LogP contribution in [0.1, 0.15) is 25.7 Å². The monoisotopic (exact) mass is 489 g/mol. The molecule has 1 N–H and O–H groups in total. The van der Waals surface area contributed by atoms with E-state index >= 15 is 0 Å². The average molecular weight is 490 g/mol. The topological polar surface area (TPSA) is 89.7 Å². The summed E-state index contributed by atoms with van der Waals surface area (Å²) >= 11 is 1.63. The molecule has 0 aromatic carbocycles. The van der Waals surface area contributed by atoms with Crippen molar-refractivity contribution in [2.45, 2.75) is 43.9 Å². The molecule has 4 aromatic rings. The number of nitrogens with one attached hydrogen (secondary N) is 1. The second-order valence-corrected chi connectivity index (χ2v) is 10.4. The van der Waals surface area contributed by atoms with Crippen molar-refractivity contribution in [3.05, 3.63) is 42.7 Å². The van der Waals surface area contributed by atoms with Crippen molar-refractivity contribution in [3.63, 3.8) is 0 Å². The summed E-state index contributed by atoms with van der Waals surface area (Å²) in [6.45, 7) is 3.34. The first-order valence-corrected chi connectivity index (χ1v) is 13.1. The van der Waals surface area contributed by atoms with E-state index in [9.17, 15) is 0 Å². The van der Waals surface area contributed by atoms with E-state index in [1.165, 1.54) is 0 Å². The molecule has 2 atom stereocenters. The number of hydrogen-bond donors (Lipinski definition) is 1. The fourth-order valence-electron chi connectivity index (χ4n) is 5.31. The zero-order chi connectivity index (χ0) is 23.2. The summed E-state index contributed by atoms with van der Waals surface area (Å²) in [5, 5.41) is 19.3. The van der Waals surface area contributed by atoms with Crippen molar-refractivity contribution in [1.29, 1.82) is 0 Å². The van der Waals surface area contributed by atoms with Crippen LogP contribution in [0.3, 0.4) is 0 Å². The molecule has 7 heterocycles. The molecule has 9 nitrogen and oxygen atoms in total. The first-order valence-electron chi connectivity index (χ1n) is 12.3. The zero-order valence-corrected chi connectivity index (χ0v) is 20.2. The summed E-state index contributed by atoms with van der Waals surface area (Å²) < 4.78 is 13.5. The quantitative estimate of drug-likeness (QED) is 0.452. The van der Waals surface area contributed by atoms with Gasteiger partial charge in [-0.25, -0.2) is 4.52 Å². The molecule has 0 saturated carbocycles. The molecule has 0 amide bonds. The van der Waals surface area contributed by atoms with Crippen LogP contribution >= 0.6 is 11.3 Å². The molecular weight excluding hydrogens is 462 g/mol. The summed E-state index contributed by atoms with van der Waals surface area (Å²) in [5.74, 6) is 0. The summed E-state index contributed by atoms with van der Waals surface area (Å²) in [6.07, 6.45) is 8.59. The number of rotatable bonds is 5. The lowest BCUT2D eigenvalue weighted by Gasteiger charge is -2.31. The maximum Gasteiger partial charge on any atom is 0.208 e. The highest BCUT2D eigenvalue weighted by Crippen LogP contribution is 2.38. The van der Waals surface area contributed by atoms with E-state index in [4.69, 9.17) is 14.5 Å². The van der Waals surface area contributed by atoms with E-state index < -0.39 is 0 Å². The van der Waals surface area contributed by atoms with Gasteiger partial charge in [0.15, 0.2) is 5.01 Å². The second kappa shape index (κ2) is 8.85. The van der Waals surface area contributed by atoms with Gasteiger partial charge in [0.1, 0.15) is 0 Å². The molecule has 2 bridgehead atoms. The van der Waals surface area contributed by atoms with Crippen LogP contribution in [0.15, 0.2) is 42.7 Å². The van der Waals surface area contributed by atoms with Crippen LogP contribution in [0, 0.1) is 0 Å². The first-order chi connectivity index (χ1) is 17.3. The van der Waals surface area contributed by atoms with Crippen molar-refractivity contribution in [1.82, 2.24) is 24.8 Å². The lowest BCUT2D eigenvalue weighted by Crippen LogP contribution is -2.42. The van der Waals surface area contributed by atoms with Crippen LogP contribution in [0.5, 0.6) is 0 Å². The van der Waals surface area contributed by atoms with Gasteiger partial charge in [-0.2, -0.15) is 5.10 Å². The van der Waals surface area contributed by atoms with E-state index in [1.807, 2.05) is 22.8 Å². The Balaban J connectivity index is 1.24. The predicted octanol–water partition coefficient (Wildman–Crippen LogP) is 3.87. The van der Waals surface area contributed by atoms with E-state index in [1.54, 1.807) is 17.5 Å². The van der Waals surface area contributed by atoms with Crippen LogP contribution < -0.4 is 10.2 Å². The number of pyridine rings is 1. The Morgan fingerprint density at radius 2 is 1.86 bits per heavy atom. The molecule has 3 saturated heterocycles. The molecule has 0 spiro atoms. The lowest BCUT2D eigenvalue weighted by molar-refractivity contribution is 0.0304. The van der Waals surface area contributed by atoms with Gasteiger partial charge in [0.05, 0.1) is 34.7 Å². The number of morpholine rings is 1. The van der Waals surface area contributed by atoms with Crippen LogP contribution in [0.2, 0.25) is 0 Å². The van der Waals surface area contributed by atoms with Crippen molar-refractivity contribution in [2.75, 3.05) is 36.5 Å². The maximum atomic E-state index is 6.00. The highest BCUT2D eigenvalue weighted by Gasteiger charge is 2.35. The molecule has 2 unspecified atom stereocenters. The van der Waals surface area contributed by atoms with Gasteiger partial charge in [0, 0.05) is 50.4 Å². The van der Waals surface area contributed by atoms with Crippen LogP contribution in [0.4, 0.5) is 10.8 Å². The van der Waals surface area contributed by atoms with Gasteiger partial charge < -0.3 is 19.7 Å². The Morgan fingerprint density at radius 1 is 1.00 bits per heavy atom. The Hall–Kier alpha value is -3.08. The molecule has 10 heteroatoms. The minimum atomic E-state index is 0.318. The van der Waals surface area contributed by atoms with Gasteiger partial charge in [-0.1, -0.05) is 11.3 Å². The number of fused-ring (bicyclic) bond motifs is 3. The van der Waals surface area contributed by atoms with Gasteiger partial charge in [-0.05, 0) is 56.0 Å². The van der Waals surface area contributed by atoms with Crippen molar-refractivity contribution >= 4 is 27.7 Å². The van der Waals surface area contributed by atoms with Crippen LogP contribution in [-0.2, 0) is 9.47 Å². The smallest absolute Gasteiger partial charge is 0.208 e. The second-order valence-electron chi connectivity index (χ2n) is 9.48. The number of hydrogen-bond acceptors (Lipinski definition) is 9. The summed E-state index contributed by atoms with van der Waals surface area (Å²) in [6, 6.07) is 10.6. The third-order valence-electron chi connectivity index (χ3n) is 7.13. The van der Waals surface area contributed by atoms with E-state index in [-0.39, 0.29) is 0 Å². The van der Waals surface area contributed by atoms with Gasteiger partial charge in [-0.3, -0.25) is 4.98 Å². The largest absolute Gasteiger partial charge is 0.381 e. The van der Waals surface area contributed by atoms with Gasteiger partial charge in [-0.15, -0.1) is 10.2 Å². The van der Waals surface area contributed by atoms with Crippen LogP contribution in [-0.4, -0.2) is 69.3 Å². The van der Waals surface area contributed by atoms with Crippen LogP contribution in [0.25, 0.3) is 27.5 Å². The molecule has 3 aliphatic heterocycles. The zero-order valence-electron chi connectivity index (χ0n) is 19.3. The number of aromatic nitrogens is 5. The van der Waals surface area contributed by atoms with E-state index in [0.29, 0.717) is 18.2 Å². The van der Waals surface area contributed by atoms with E-state index in [2.05, 4.69) is 43.7 Å². The van der Waals surface area contributed by atoms with E-state index in [0.717, 1.165) is 90.3 Å². The minimum absolute atomic E-state index is 0.318. The lowest BCUT2D eigenvalue weighted by atomic mass is 10.1. The van der Waals surface area contributed by atoms with Gasteiger partial charge >= 0.3 is 0 Å². The summed E-state index contributed by atoms with van der Waals surface area (Å²) in [4.78, 5) is 7.17. The molecule has 35 heavy (non-hydrogen) atoms. The summed E-state index contributed by atoms with van der Waals surface area (Å²) in [5.41, 5.74) is 4.88. The number of ether oxygens (including phenoxy) is 2. The summed E-state index contributed by atoms with van der Waals surface area (Å²) in [7, 11) is 0. The Bertz CT molecular complexity index is 1340. The van der Waals surface area contributed by atoms with Crippen molar-refractivity contribution in [3.8, 4) is 22.0 Å². The average Bonchev–Trinajstić information content (AvgIpc) is 3.63. The molecule has 4 aromatic heterocycles. The SMILES string of the molecule is c1cnn2c(-c3cc(NC4CCOCC4)c(-c4nnc(N5CC6CCC(C5)O6)s4)cn3)ccc2c1. The molecular formula is C25H27N7O2S. The third-order valence-corrected chi connectivity index (χ3v) is 8.14. The molecule has 0 aliphatic carbocycles. The molecule has 7 rings (SSSR count). The number of nitrogens with zero attached hydrogens (tertiary/aromatic N) is 6. The standard InChI is InChI=1S/C25H27N7O2S/c1-2-17-3-6-23(32(17)27-9-1)22-12-21(28-16-7-10-33-11-8-16)20(13-26-22)24-29-30-25(35-24)31-14-18-4-5-19(15-31)34-18/h1-3,6,9,12-13,16,18-19H,4-5,7-8,10-11,14-15H2,(H,26,28). The Labute approximate surface area is 207 Å². The Morgan fingerprint density at radius 3 is 2.71 bits per heavy atom. The normalized spacial score (nSPS) is 22.7. The van der Waals surface area contributed by atoms with Crippen molar-refractivity contribution < 1.29 is 9.47 Å². The molecule has 180 valence electrons. The maximum absolute atomic E-state index is 6.00. The molecule has 0 radical (unpaired) electrons. The fraction of sp³-hybridized carbons (Fsp3) is 0.440. The third kappa shape index (κ3) is 4.05. The molecule has 3 aliphatic rings. The predicted molar refractivity (Wildman–Crippen MR) is 135 cm³/mol. The fourth-order valence-corrected chi connectivity index (χ4v) is 6.20. The van der Waals surface area contributed by atoms with Gasteiger partial charge in [0.25, 0.3) is 0 Å². The number of anilines is 2. The minimum Gasteiger partial charge on any atom is -0.381 e. The molecule has 3 fully saturated rings. The highest BCUT2D eigenvalue weighted by atomic mass is 32.1. The first kappa shape index (κ1) is 21.2.